The van der Waals surface area contributed by atoms with Crippen molar-refractivity contribution in [3.05, 3.63) is 28.2 Å². The zero-order chi connectivity index (χ0) is 14.8. The van der Waals surface area contributed by atoms with Gasteiger partial charge in [-0.2, -0.15) is 0 Å². The van der Waals surface area contributed by atoms with Crippen LogP contribution in [0.3, 0.4) is 0 Å². The molecule has 6 heteroatoms. The van der Waals surface area contributed by atoms with Crippen molar-refractivity contribution in [1.82, 2.24) is 10.2 Å². The fraction of sp³-hybridized carbons (Fsp3) is 0.533. The highest BCUT2D eigenvalue weighted by molar-refractivity contribution is 6.42. The van der Waals surface area contributed by atoms with E-state index in [9.17, 15) is 4.79 Å². The smallest absolute Gasteiger partial charge is 0.238 e. The summed E-state index contributed by atoms with van der Waals surface area (Å²) in [5.74, 6) is 0.684. The second kappa shape index (κ2) is 6.53. The molecule has 2 heterocycles. The Hall–Kier alpha value is -0.810. The van der Waals surface area contributed by atoms with Crippen molar-refractivity contribution in [2.24, 2.45) is 5.92 Å². The molecule has 2 aliphatic rings. The number of piperidine rings is 1. The van der Waals surface area contributed by atoms with E-state index < -0.39 is 0 Å². The van der Waals surface area contributed by atoms with E-state index in [4.69, 9.17) is 23.2 Å². The topological polar surface area (TPSA) is 44.4 Å². The summed E-state index contributed by atoms with van der Waals surface area (Å²) in [7, 11) is 0. The van der Waals surface area contributed by atoms with Gasteiger partial charge in [0.25, 0.3) is 0 Å². The molecule has 2 aliphatic heterocycles. The van der Waals surface area contributed by atoms with Crippen LogP contribution in [0.2, 0.25) is 10.0 Å². The number of amides is 1. The van der Waals surface area contributed by atoms with Gasteiger partial charge in [0, 0.05) is 24.8 Å². The van der Waals surface area contributed by atoms with E-state index in [0.29, 0.717) is 34.2 Å². The summed E-state index contributed by atoms with van der Waals surface area (Å²) in [5, 5.41) is 7.36. The maximum absolute atomic E-state index is 12.1. The van der Waals surface area contributed by atoms with Crippen LogP contribution < -0.4 is 10.6 Å². The number of carbonyl (C=O) groups excluding carboxylic acids is 1. The molecule has 114 valence electrons. The first-order chi connectivity index (χ1) is 10.1. The van der Waals surface area contributed by atoms with Gasteiger partial charge in [-0.1, -0.05) is 23.2 Å². The second-order valence-corrected chi connectivity index (χ2v) is 6.65. The van der Waals surface area contributed by atoms with Gasteiger partial charge in [-0.3, -0.25) is 9.69 Å². The Kier molecular flexibility index (Phi) is 4.69. The first-order valence-electron chi connectivity index (χ1n) is 7.32. The lowest BCUT2D eigenvalue weighted by molar-refractivity contribution is -0.117. The van der Waals surface area contributed by atoms with Crippen LogP contribution in [0, 0.1) is 5.92 Å². The molecule has 1 amide bonds. The molecule has 2 N–H and O–H groups in total. The Balaban J connectivity index is 1.53. The van der Waals surface area contributed by atoms with Gasteiger partial charge in [-0.05, 0) is 43.5 Å². The van der Waals surface area contributed by atoms with Crippen LogP contribution in [0.4, 0.5) is 5.69 Å². The molecule has 1 aromatic carbocycles. The molecular weight excluding hydrogens is 309 g/mol. The Morgan fingerprint density at radius 3 is 2.95 bits per heavy atom. The minimum atomic E-state index is -0.00737. The lowest BCUT2D eigenvalue weighted by Crippen LogP contribution is -2.41. The van der Waals surface area contributed by atoms with Gasteiger partial charge in [0.15, 0.2) is 0 Å². The highest BCUT2D eigenvalue weighted by Gasteiger charge is 2.34. The third kappa shape index (κ3) is 3.69. The summed E-state index contributed by atoms with van der Waals surface area (Å²) < 4.78 is 0. The van der Waals surface area contributed by atoms with Crippen molar-refractivity contribution in [3.8, 4) is 0 Å². The first-order valence-corrected chi connectivity index (χ1v) is 8.08. The Bertz CT molecular complexity index is 524. The fourth-order valence-corrected chi connectivity index (χ4v) is 3.54. The molecule has 21 heavy (non-hydrogen) atoms. The number of nitrogens with zero attached hydrogens (tertiary/aromatic N) is 1. The molecule has 0 unspecified atom stereocenters. The van der Waals surface area contributed by atoms with Gasteiger partial charge in [-0.15, -0.1) is 0 Å². The van der Waals surface area contributed by atoms with Crippen LogP contribution in [-0.2, 0) is 4.79 Å². The standard InChI is InChI=1S/C15H19Cl2N3O/c16-12-4-3-11(6-13(12)17)19-15(21)9-20-7-10-2-1-5-18-14(10)8-20/h3-4,6,10,14,18H,1-2,5,7-9H2,(H,19,21)/t10-,14+/m0/s1. The maximum atomic E-state index is 12.1. The van der Waals surface area contributed by atoms with Crippen molar-refractivity contribution in [3.63, 3.8) is 0 Å². The summed E-state index contributed by atoms with van der Waals surface area (Å²) in [4.78, 5) is 14.3. The van der Waals surface area contributed by atoms with Crippen LogP contribution in [0.25, 0.3) is 0 Å². The lowest BCUT2D eigenvalue weighted by Gasteiger charge is -2.24. The maximum Gasteiger partial charge on any atom is 0.238 e. The molecule has 2 saturated heterocycles. The van der Waals surface area contributed by atoms with E-state index in [1.165, 1.54) is 12.8 Å². The lowest BCUT2D eigenvalue weighted by atomic mass is 9.94. The predicted molar refractivity (Wildman–Crippen MR) is 86.0 cm³/mol. The number of carbonyl (C=O) groups is 1. The molecule has 2 fully saturated rings. The summed E-state index contributed by atoms with van der Waals surface area (Å²) in [6.07, 6.45) is 2.51. The first kappa shape index (κ1) is 15.1. The summed E-state index contributed by atoms with van der Waals surface area (Å²) in [6.45, 7) is 3.49. The summed E-state index contributed by atoms with van der Waals surface area (Å²) in [6, 6.07) is 5.68. The van der Waals surface area contributed by atoms with Crippen molar-refractivity contribution < 1.29 is 4.79 Å². The molecule has 0 bridgehead atoms. The SMILES string of the molecule is O=C(CN1C[C@@H]2CCCN[C@@H]2C1)Nc1ccc(Cl)c(Cl)c1. The van der Waals surface area contributed by atoms with Gasteiger partial charge in [0.05, 0.1) is 16.6 Å². The highest BCUT2D eigenvalue weighted by atomic mass is 35.5. The van der Waals surface area contributed by atoms with Crippen molar-refractivity contribution >= 4 is 34.8 Å². The Morgan fingerprint density at radius 2 is 2.19 bits per heavy atom. The van der Waals surface area contributed by atoms with E-state index in [0.717, 1.165) is 19.6 Å². The molecule has 1 aromatic rings. The zero-order valence-corrected chi connectivity index (χ0v) is 13.3. The van der Waals surface area contributed by atoms with Crippen molar-refractivity contribution in [1.29, 1.82) is 0 Å². The number of hydrogen-bond acceptors (Lipinski definition) is 3. The number of halogens is 2. The van der Waals surface area contributed by atoms with Crippen LogP contribution in [0.15, 0.2) is 18.2 Å². The van der Waals surface area contributed by atoms with Gasteiger partial charge in [-0.25, -0.2) is 0 Å². The van der Waals surface area contributed by atoms with Crippen LogP contribution >= 0.6 is 23.2 Å². The van der Waals surface area contributed by atoms with Gasteiger partial charge < -0.3 is 10.6 Å². The number of benzene rings is 1. The molecule has 0 saturated carbocycles. The second-order valence-electron chi connectivity index (χ2n) is 5.83. The largest absolute Gasteiger partial charge is 0.325 e. The monoisotopic (exact) mass is 327 g/mol. The number of nitrogens with one attached hydrogen (secondary N) is 2. The third-order valence-corrected chi connectivity index (χ3v) is 4.98. The number of hydrogen-bond donors (Lipinski definition) is 2. The van der Waals surface area contributed by atoms with Crippen molar-refractivity contribution in [2.75, 3.05) is 31.5 Å². The predicted octanol–water partition coefficient (Wildman–Crippen LogP) is 2.62. The third-order valence-electron chi connectivity index (χ3n) is 4.25. The van der Waals surface area contributed by atoms with Gasteiger partial charge >= 0.3 is 0 Å². The molecule has 4 nitrogen and oxygen atoms in total. The molecule has 0 aromatic heterocycles. The Labute approximate surface area is 134 Å². The number of likely N-dealkylation sites (tertiary alicyclic amines) is 1. The molecule has 0 aliphatic carbocycles. The zero-order valence-electron chi connectivity index (χ0n) is 11.7. The van der Waals surface area contributed by atoms with E-state index >= 15 is 0 Å². The minimum Gasteiger partial charge on any atom is -0.325 e. The van der Waals surface area contributed by atoms with E-state index in [1.54, 1.807) is 18.2 Å². The normalized spacial score (nSPS) is 25.6. The number of anilines is 1. The molecule has 0 spiro atoms. The van der Waals surface area contributed by atoms with Crippen LogP contribution in [0.1, 0.15) is 12.8 Å². The molecule has 3 rings (SSSR count). The highest BCUT2D eigenvalue weighted by Crippen LogP contribution is 2.26. The van der Waals surface area contributed by atoms with Crippen LogP contribution in [-0.4, -0.2) is 43.0 Å². The quantitative estimate of drug-likeness (QED) is 0.896. The van der Waals surface area contributed by atoms with E-state index in [1.807, 2.05) is 0 Å². The molecule has 2 atom stereocenters. The number of fused-ring (bicyclic) bond motifs is 1. The number of rotatable bonds is 3. The molecule has 0 radical (unpaired) electrons. The average molecular weight is 328 g/mol. The average Bonchev–Trinajstić information content (AvgIpc) is 2.84. The van der Waals surface area contributed by atoms with E-state index in [2.05, 4.69) is 15.5 Å². The van der Waals surface area contributed by atoms with Gasteiger partial charge in [0.2, 0.25) is 5.91 Å². The van der Waals surface area contributed by atoms with Crippen molar-refractivity contribution in [2.45, 2.75) is 18.9 Å². The fourth-order valence-electron chi connectivity index (χ4n) is 3.24. The molecular formula is C15H19Cl2N3O. The van der Waals surface area contributed by atoms with Gasteiger partial charge in [0.1, 0.15) is 0 Å². The Morgan fingerprint density at radius 1 is 1.33 bits per heavy atom. The summed E-state index contributed by atoms with van der Waals surface area (Å²) in [5.41, 5.74) is 0.684. The van der Waals surface area contributed by atoms with Crippen LogP contribution in [0.5, 0.6) is 0 Å². The minimum absolute atomic E-state index is 0.00737. The summed E-state index contributed by atoms with van der Waals surface area (Å²) >= 11 is 11.8. The van der Waals surface area contributed by atoms with E-state index in [-0.39, 0.29) is 5.91 Å².